The third-order valence-electron chi connectivity index (χ3n) is 5.45. The number of halogens is 1. The van der Waals surface area contributed by atoms with Crippen LogP contribution in [-0.4, -0.2) is 59.1 Å². The first-order valence-electron chi connectivity index (χ1n) is 9.73. The summed E-state index contributed by atoms with van der Waals surface area (Å²) in [5.41, 5.74) is 1.22. The van der Waals surface area contributed by atoms with Crippen LogP contribution in [0.5, 0.6) is 0 Å². The first-order valence-corrected chi connectivity index (χ1v) is 9.73. The summed E-state index contributed by atoms with van der Waals surface area (Å²) >= 11 is 0. The molecule has 4 nitrogen and oxygen atoms in total. The van der Waals surface area contributed by atoms with Crippen molar-refractivity contribution in [2.75, 3.05) is 39.8 Å². The molecule has 1 saturated heterocycles. The van der Waals surface area contributed by atoms with Gasteiger partial charge in [-0.15, -0.1) is 0 Å². The van der Waals surface area contributed by atoms with Gasteiger partial charge in [0.2, 0.25) is 0 Å². The molecule has 3 rings (SSSR count). The van der Waals surface area contributed by atoms with Crippen molar-refractivity contribution in [3.63, 3.8) is 0 Å². The van der Waals surface area contributed by atoms with Gasteiger partial charge < -0.3 is 14.4 Å². The Balaban J connectivity index is 1.39. The molecule has 1 fully saturated rings. The van der Waals surface area contributed by atoms with Crippen LogP contribution in [0.1, 0.15) is 24.2 Å². The number of likely N-dealkylation sites (tertiary alicyclic amines) is 1. The van der Waals surface area contributed by atoms with Gasteiger partial charge in [-0.25, -0.2) is 9.37 Å². The zero-order valence-corrected chi connectivity index (χ0v) is 16.1. The van der Waals surface area contributed by atoms with Crippen molar-refractivity contribution in [3.05, 3.63) is 53.9 Å². The number of piperidine rings is 1. The summed E-state index contributed by atoms with van der Waals surface area (Å²) in [6, 6.07) is 6.93. The van der Waals surface area contributed by atoms with Crippen molar-refractivity contribution in [3.8, 4) is 0 Å². The van der Waals surface area contributed by atoms with Crippen LogP contribution in [-0.2, 0) is 13.0 Å². The predicted octanol–water partition coefficient (Wildman–Crippen LogP) is 3.22. The Morgan fingerprint density at radius 1 is 1.23 bits per heavy atom. The molecule has 26 heavy (non-hydrogen) atoms. The quantitative estimate of drug-likeness (QED) is 0.724. The molecule has 1 atom stereocenters. The highest BCUT2D eigenvalue weighted by Gasteiger charge is 2.20. The molecule has 0 amide bonds. The molecule has 1 aromatic heterocycles. The van der Waals surface area contributed by atoms with Crippen LogP contribution in [0.4, 0.5) is 4.39 Å². The summed E-state index contributed by atoms with van der Waals surface area (Å²) < 4.78 is 15.2. The fraction of sp³-hybridized carbons (Fsp3) is 0.571. The van der Waals surface area contributed by atoms with Gasteiger partial charge in [0, 0.05) is 45.1 Å². The van der Waals surface area contributed by atoms with Gasteiger partial charge in [-0.3, -0.25) is 0 Å². The third-order valence-corrected chi connectivity index (χ3v) is 5.45. The Kier molecular flexibility index (Phi) is 6.80. The van der Waals surface area contributed by atoms with E-state index in [2.05, 4.69) is 39.5 Å². The number of imidazole rings is 1. The zero-order chi connectivity index (χ0) is 18.4. The largest absolute Gasteiger partial charge is 0.334 e. The van der Waals surface area contributed by atoms with E-state index in [0.29, 0.717) is 0 Å². The number of aromatic nitrogens is 2. The van der Waals surface area contributed by atoms with E-state index < -0.39 is 0 Å². The second kappa shape index (κ2) is 9.28. The SMILES string of the molecule is Cc1nccn1CCN(C)C[C@@H]1CCCN(CCc2ccc(F)cc2)C1. The average molecular weight is 359 g/mol. The third kappa shape index (κ3) is 5.64. The Bertz CT molecular complexity index is 667. The van der Waals surface area contributed by atoms with E-state index >= 15 is 0 Å². The number of hydrogen-bond acceptors (Lipinski definition) is 3. The molecule has 1 aliphatic heterocycles. The first kappa shape index (κ1) is 19.1. The minimum absolute atomic E-state index is 0.152. The highest BCUT2D eigenvalue weighted by Crippen LogP contribution is 2.18. The smallest absolute Gasteiger partial charge is 0.123 e. The van der Waals surface area contributed by atoms with Crippen molar-refractivity contribution in [2.24, 2.45) is 5.92 Å². The number of hydrogen-bond donors (Lipinski definition) is 0. The summed E-state index contributed by atoms with van der Waals surface area (Å²) in [6.07, 6.45) is 7.53. The van der Waals surface area contributed by atoms with Crippen molar-refractivity contribution in [1.29, 1.82) is 0 Å². The fourth-order valence-corrected chi connectivity index (χ4v) is 3.89. The van der Waals surface area contributed by atoms with Crippen LogP contribution < -0.4 is 0 Å². The second-order valence-corrected chi connectivity index (χ2v) is 7.62. The molecule has 0 radical (unpaired) electrons. The van der Waals surface area contributed by atoms with E-state index in [1.807, 2.05) is 18.3 Å². The normalized spacial score (nSPS) is 18.5. The lowest BCUT2D eigenvalue weighted by molar-refractivity contribution is 0.143. The first-order chi connectivity index (χ1) is 12.6. The molecular formula is C21H31FN4. The van der Waals surface area contributed by atoms with Gasteiger partial charge in [0.15, 0.2) is 0 Å². The van der Waals surface area contributed by atoms with Crippen LogP contribution in [0.15, 0.2) is 36.7 Å². The van der Waals surface area contributed by atoms with Crippen molar-refractivity contribution in [2.45, 2.75) is 32.7 Å². The number of aryl methyl sites for hydroxylation is 1. The second-order valence-electron chi connectivity index (χ2n) is 7.62. The summed E-state index contributed by atoms with van der Waals surface area (Å²) in [4.78, 5) is 9.31. The monoisotopic (exact) mass is 358 g/mol. The van der Waals surface area contributed by atoms with E-state index in [0.717, 1.165) is 44.3 Å². The molecule has 1 aliphatic rings. The van der Waals surface area contributed by atoms with Gasteiger partial charge >= 0.3 is 0 Å². The van der Waals surface area contributed by atoms with E-state index in [1.54, 1.807) is 12.1 Å². The molecule has 5 heteroatoms. The molecule has 0 aliphatic carbocycles. The van der Waals surface area contributed by atoms with Crippen LogP contribution in [0, 0.1) is 18.7 Å². The minimum Gasteiger partial charge on any atom is -0.334 e. The van der Waals surface area contributed by atoms with Crippen LogP contribution in [0.25, 0.3) is 0 Å². The molecule has 142 valence electrons. The summed E-state index contributed by atoms with van der Waals surface area (Å²) in [6.45, 7) is 8.71. The van der Waals surface area contributed by atoms with Crippen molar-refractivity contribution in [1.82, 2.24) is 19.4 Å². The highest BCUT2D eigenvalue weighted by atomic mass is 19.1. The fourth-order valence-electron chi connectivity index (χ4n) is 3.89. The van der Waals surface area contributed by atoms with Gasteiger partial charge in [0.05, 0.1) is 0 Å². The highest BCUT2D eigenvalue weighted by molar-refractivity contribution is 5.16. The number of likely N-dealkylation sites (N-methyl/N-ethyl adjacent to an activating group) is 1. The van der Waals surface area contributed by atoms with Crippen LogP contribution in [0.3, 0.4) is 0 Å². The molecule has 2 aromatic rings. The standard InChI is InChI=1S/C21H31FN4/c1-18-23-10-13-26(18)15-14-24(2)16-20-4-3-11-25(17-20)12-9-19-5-7-21(22)8-6-19/h5-8,10,13,20H,3-4,9,11-12,14-17H2,1-2H3/t20-/m0/s1. The molecule has 0 unspecified atom stereocenters. The number of benzene rings is 1. The summed E-state index contributed by atoms with van der Waals surface area (Å²) in [5, 5.41) is 0. The van der Waals surface area contributed by atoms with E-state index in [-0.39, 0.29) is 5.82 Å². The topological polar surface area (TPSA) is 24.3 Å². The van der Waals surface area contributed by atoms with E-state index in [4.69, 9.17) is 0 Å². The predicted molar refractivity (Wildman–Crippen MR) is 104 cm³/mol. The van der Waals surface area contributed by atoms with E-state index in [1.165, 1.54) is 31.5 Å². The summed E-state index contributed by atoms with van der Waals surface area (Å²) in [5.74, 6) is 1.68. The molecule has 2 heterocycles. The molecular weight excluding hydrogens is 327 g/mol. The zero-order valence-electron chi connectivity index (χ0n) is 16.1. The lowest BCUT2D eigenvalue weighted by Gasteiger charge is -2.34. The molecule has 1 aromatic carbocycles. The van der Waals surface area contributed by atoms with Gasteiger partial charge in [-0.1, -0.05) is 12.1 Å². The molecule has 0 N–H and O–H groups in total. The number of rotatable bonds is 8. The van der Waals surface area contributed by atoms with Crippen LogP contribution in [0.2, 0.25) is 0 Å². The lowest BCUT2D eigenvalue weighted by Crippen LogP contribution is -2.41. The lowest BCUT2D eigenvalue weighted by atomic mass is 9.97. The van der Waals surface area contributed by atoms with E-state index in [9.17, 15) is 4.39 Å². The maximum absolute atomic E-state index is 13.0. The average Bonchev–Trinajstić information content (AvgIpc) is 3.05. The van der Waals surface area contributed by atoms with Gasteiger partial charge in [-0.2, -0.15) is 0 Å². The molecule has 0 saturated carbocycles. The Morgan fingerprint density at radius 3 is 2.77 bits per heavy atom. The number of nitrogens with zero attached hydrogens (tertiary/aromatic N) is 4. The maximum atomic E-state index is 13.0. The Labute approximate surface area is 156 Å². The molecule has 0 spiro atoms. The van der Waals surface area contributed by atoms with Crippen molar-refractivity contribution < 1.29 is 4.39 Å². The Morgan fingerprint density at radius 2 is 2.04 bits per heavy atom. The summed E-state index contributed by atoms with van der Waals surface area (Å²) in [7, 11) is 2.23. The molecule has 0 bridgehead atoms. The van der Waals surface area contributed by atoms with Gasteiger partial charge in [-0.05, 0) is 63.4 Å². The van der Waals surface area contributed by atoms with Gasteiger partial charge in [0.25, 0.3) is 0 Å². The Hall–Kier alpha value is -1.72. The maximum Gasteiger partial charge on any atom is 0.123 e. The van der Waals surface area contributed by atoms with Crippen molar-refractivity contribution >= 4 is 0 Å². The minimum atomic E-state index is -0.152. The van der Waals surface area contributed by atoms with Crippen LogP contribution >= 0.6 is 0 Å². The van der Waals surface area contributed by atoms with Gasteiger partial charge in [0.1, 0.15) is 11.6 Å².